The average molecular weight is 579 g/mol. The Morgan fingerprint density at radius 1 is 0.953 bits per heavy atom. The molecular formula is C31H31FN10O. The number of amides is 1. The summed E-state index contributed by atoms with van der Waals surface area (Å²) >= 11 is 0. The van der Waals surface area contributed by atoms with Gasteiger partial charge in [-0.05, 0) is 63.0 Å². The van der Waals surface area contributed by atoms with Gasteiger partial charge in [-0.1, -0.05) is 6.92 Å². The summed E-state index contributed by atoms with van der Waals surface area (Å²) < 4.78 is 14.6. The predicted molar refractivity (Wildman–Crippen MR) is 166 cm³/mol. The lowest BCUT2D eigenvalue weighted by Gasteiger charge is -2.12. The number of aromatic amines is 2. The Labute approximate surface area is 247 Å². The first-order chi connectivity index (χ1) is 20.9. The number of imidazole rings is 1. The van der Waals surface area contributed by atoms with Gasteiger partial charge in [-0.2, -0.15) is 5.10 Å². The fourth-order valence-electron chi connectivity index (χ4n) is 4.83. The highest BCUT2D eigenvalue weighted by atomic mass is 19.1. The SMILES string of the molecule is CCCC(=O)Nc1cncc(-c2ccc3[nH]nc(-c4nc5c(-c6cc(F)cc(NCCN(C)C)c6)nccc5[nH]4)c3n2)c1. The number of carbonyl (C=O) groups is 1. The summed E-state index contributed by atoms with van der Waals surface area (Å²) in [6.07, 6.45) is 6.18. The van der Waals surface area contributed by atoms with Gasteiger partial charge in [0.2, 0.25) is 5.91 Å². The van der Waals surface area contributed by atoms with Gasteiger partial charge in [0.15, 0.2) is 11.5 Å². The van der Waals surface area contributed by atoms with Gasteiger partial charge in [0.25, 0.3) is 0 Å². The van der Waals surface area contributed by atoms with Gasteiger partial charge in [0.05, 0.1) is 34.3 Å². The van der Waals surface area contributed by atoms with Crippen LogP contribution in [0, 0.1) is 5.82 Å². The number of nitrogens with zero attached hydrogens (tertiary/aromatic N) is 6. The molecule has 0 spiro atoms. The molecule has 1 amide bonds. The van der Waals surface area contributed by atoms with Crippen molar-refractivity contribution < 1.29 is 9.18 Å². The molecule has 6 rings (SSSR count). The minimum Gasteiger partial charge on any atom is -0.384 e. The fourth-order valence-corrected chi connectivity index (χ4v) is 4.83. The molecule has 43 heavy (non-hydrogen) atoms. The maximum absolute atomic E-state index is 14.6. The van der Waals surface area contributed by atoms with Crippen molar-refractivity contribution in [3.05, 3.63) is 66.9 Å². The maximum atomic E-state index is 14.6. The molecule has 5 aromatic heterocycles. The van der Waals surface area contributed by atoms with E-state index in [4.69, 9.17) is 9.97 Å². The smallest absolute Gasteiger partial charge is 0.224 e. The molecule has 4 N–H and O–H groups in total. The zero-order chi connectivity index (χ0) is 29.9. The quantitative estimate of drug-likeness (QED) is 0.168. The van der Waals surface area contributed by atoms with E-state index >= 15 is 0 Å². The zero-order valence-electron chi connectivity index (χ0n) is 24.1. The second kappa shape index (κ2) is 11.9. The lowest BCUT2D eigenvalue weighted by molar-refractivity contribution is -0.116. The van der Waals surface area contributed by atoms with E-state index < -0.39 is 0 Å². The molecule has 218 valence electrons. The normalized spacial score (nSPS) is 11.5. The van der Waals surface area contributed by atoms with Crippen molar-refractivity contribution in [1.29, 1.82) is 0 Å². The summed E-state index contributed by atoms with van der Waals surface area (Å²) in [6.45, 7) is 3.45. The number of anilines is 2. The number of hydrogen-bond acceptors (Lipinski definition) is 8. The van der Waals surface area contributed by atoms with Crippen LogP contribution in [-0.2, 0) is 4.79 Å². The van der Waals surface area contributed by atoms with Crippen LogP contribution in [-0.4, -0.2) is 73.1 Å². The number of nitrogens with one attached hydrogen (secondary N) is 4. The molecule has 0 unspecified atom stereocenters. The lowest BCUT2D eigenvalue weighted by atomic mass is 10.1. The lowest BCUT2D eigenvalue weighted by Crippen LogP contribution is -2.20. The summed E-state index contributed by atoms with van der Waals surface area (Å²) in [7, 11) is 3.98. The molecule has 0 saturated heterocycles. The number of fused-ring (bicyclic) bond motifs is 2. The molecule has 0 atom stereocenters. The fraction of sp³-hybridized carbons (Fsp3) is 0.226. The van der Waals surface area contributed by atoms with Crippen molar-refractivity contribution in [3.8, 4) is 34.0 Å². The van der Waals surface area contributed by atoms with Gasteiger partial charge >= 0.3 is 0 Å². The van der Waals surface area contributed by atoms with Crippen LogP contribution in [0.2, 0.25) is 0 Å². The number of likely N-dealkylation sites (N-methyl/N-ethyl adjacent to an activating group) is 1. The highest BCUT2D eigenvalue weighted by molar-refractivity contribution is 5.95. The number of halogens is 1. The monoisotopic (exact) mass is 578 g/mol. The summed E-state index contributed by atoms with van der Waals surface area (Å²) in [6, 6.07) is 12.2. The Balaban J connectivity index is 1.35. The predicted octanol–water partition coefficient (Wildman–Crippen LogP) is 5.48. The summed E-state index contributed by atoms with van der Waals surface area (Å²) in [4.78, 5) is 36.0. The molecular weight excluding hydrogens is 547 g/mol. The van der Waals surface area contributed by atoms with E-state index in [1.807, 2.05) is 51.4 Å². The number of pyridine rings is 3. The largest absolute Gasteiger partial charge is 0.384 e. The van der Waals surface area contributed by atoms with Crippen LogP contribution < -0.4 is 10.6 Å². The molecule has 6 aromatic rings. The van der Waals surface area contributed by atoms with Crippen LogP contribution in [0.25, 0.3) is 56.1 Å². The van der Waals surface area contributed by atoms with Crippen LogP contribution in [0.4, 0.5) is 15.8 Å². The summed E-state index contributed by atoms with van der Waals surface area (Å²) in [5, 5.41) is 13.7. The average Bonchev–Trinajstić information content (AvgIpc) is 3.60. The first-order valence-electron chi connectivity index (χ1n) is 14.0. The molecule has 12 heteroatoms. The van der Waals surface area contributed by atoms with Gasteiger partial charge in [-0.3, -0.25) is 19.9 Å². The van der Waals surface area contributed by atoms with Crippen LogP contribution in [0.3, 0.4) is 0 Å². The van der Waals surface area contributed by atoms with E-state index in [9.17, 15) is 9.18 Å². The number of rotatable bonds is 10. The van der Waals surface area contributed by atoms with Gasteiger partial charge in [0.1, 0.15) is 16.9 Å². The molecule has 0 aliphatic rings. The van der Waals surface area contributed by atoms with Crippen molar-refractivity contribution in [1.82, 2.24) is 40.0 Å². The zero-order valence-corrected chi connectivity index (χ0v) is 24.1. The topological polar surface area (TPSA) is 140 Å². The maximum Gasteiger partial charge on any atom is 0.224 e. The molecule has 1 aromatic carbocycles. The Morgan fingerprint density at radius 3 is 2.63 bits per heavy atom. The van der Waals surface area contributed by atoms with Gasteiger partial charge in [0, 0.05) is 48.7 Å². The molecule has 5 heterocycles. The van der Waals surface area contributed by atoms with Crippen molar-refractivity contribution in [2.45, 2.75) is 19.8 Å². The van der Waals surface area contributed by atoms with Crippen LogP contribution in [0.15, 0.2) is 61.1 Å². The van der Waals surface area contributed by atoms with E-state index in [1.54, 1.807) is 18.6 Å². The Bertz CT molecular complexity index is 1930. The van der Waals surface area contributed by atoms with E-state index in [2.05, 4.69) is 40.7 Å². The van der Waals surface area contributed by atoms with E-state index in [0.717, 1.165) is 29.6 Å². The highest BCUT2D eigenvalue weighted by Crippen LogP contribution is 2.32. The molecule has 0 radical (unpaired) electrons. The number of hydrogen-bond donors (Lipinski definition) is 4. The standard InChI is InChI=1S/C31H31FN10O/c1-4-5-26(43)36-22-14-19(16-33-17-22)23-6-7-25-29(37-23)30(41-40-25)31-38-24-8-9-35-27(28(24)39-31)18-12-20(32)15-21(13-18)34-10-11-42(2)3/h6-9,12-17,34H,4-5,10-11H2,1-3H3,(H,36,43)(H,38,39)(H,40,41). The number of carbonyl (C=O) groups excluding carboxylic acids is 1. The molecule has 0 aliphatic carbocycles. The number of aromatic nitrogens is 7. The number of H-pyrrole nitrogens is 2. The van der Waals surface area contributed by atoms with E-state index in [-0.39, 0.29) is 11.7 Å². The minimum absolute atomic E-state index is 0.0595. The van der Waals surface area contributed by atoms with Crippen molar-refractivity contribution in [2.24, 2.45) is 0 Å². The Morgan fingerprint density at radius 2 is 1.79 bits per heavy atom. The molecule has 11 nitrogen and oxygen atoms in total. The van der Waals surface area contributed by atoms with Crippen LogP contribution in [0.5, 0.6) is 0 Å². The minimum atomic E-state index is -0.363. The van der Waals surface area contributed by atoms with Crippen LogP contribution in [0.1, 0.15) is 19.8 Å². The van der Waals surface area contributed by atoms with Crippen molar-refractivity contribution in [2.75, 3.05) is 37.8 Å². The van der Waals surface area contributed by atoms with E-state index in [0.29, 0.717) is 63.8 Å². The van der Waals surface area contributed by atoms with Crippen LogP contribution >= 0.6 is 0 Å². The molecule has 0 fully saturated rings. The molecule has 0 saturated carbocycles. The summed E-state index contributed by atoms with van der Waals surface area (Å²) in [5.74, 6) is 0.0771. The molecule has 0 bridgehead atoms. The summed E-state index contributed by atoms with van der Waals surface area (Å²) in [5.41, 5.74) is 7.07. The number of benzene rings is 1. The highest BCUT2D eigenvalue weighted by Gasteiger charge is 2.18. The van der Waals surface area contributed by atoms with Gasteiger partial charge in [-0.25, -0.2) is 14.4 Å². The van der Waals surface area contributed by atoms with Gasteiger partial charge in [-0.15, -0.1) is 0 Å². The first-order valence-corrected chi connectivity index (χ1v) is 14.0. The Hall–Kier alpha value is -5.23. The van der Waals surface area contributed by atoms with Crippen molar-refractivity contribution >= 4 is 39.3 Å². The Kier molecular flexibility index (Phi) is 7.75. The van der Waals surface area contributed by atoms with Gasteiger partial charge < -0.3 is 20.5 Å². The second-order valence-electron chi connectivity index (χ2n) is 10.5. The second-order valence-corrected chi connectivity index (χ2v) is 10.5. The molecule has 0 aliphatic heterocycles. The third-order valence-corrected chi connectivity index (χ3v) is 6.89. The third kappa shape index (κ3) is 6.04. The third-order valence-electron chi connectivity index (χ3n) is 6.89. The van der Waals surface area contributed by atoms with E-state index in [1.165, 1.54) is 12.1 Å². The van der Waals surface area contributed by atoms with Crippen molar-refractivity contribution in [3.63, 3.8) is 0 Å². The first kappa shape index (κ1) is 27.9.